The van der Waals surface area contributed by atoms with Crippen LogP contribution < -0.4 is 31.9 Å². The Balaban J connectivity index is 0.000000150. The fourth-order valence-electron chi connectivity index (χ4n) is 7.73. The average molecular weight is 577 g/mol. The van der Waals surface area contributed by atoms with Crippen molar-refractivity contribution in [2.75, 3.05) is 67.1 Å². The van der Waals surface area contributed by atoms with Crippen LogP contribution in [0.15, 0.2) is 0 Å². The Morgan fingerprint density at radius 2 is 1.26 bits per heavy atom. The number of nitrogens with zero attached hydrogens (tertiary/aromatic N) is 6. The van der Waals surface area contributed by atoms with Crippen LogP contribution in [0.4, 0.5) is 23.5 Å². The Kier molecular flexibility index (Phi) is 7.98. The minimum atomic E-state index is 0.318. The molecule has 3 atom stereocenters. The van der Waals surface area contributed by atoms with Gasteiger partial charge in [-0.25, -0.2) is 9.97 Å². The highest BCUT2D eigenvalue weighted by molar-refractivity contribution is 5.55. The van der Waals surface area contributed by atoms with Gasteiger partial charge in [-0.3, -0.25) is 0 Å². The van der Waals surface area contributed by atoms with Gasteiger partial charge < -0.3 is 31.9 Å². The molecule has 0 saturated carbocycles. The lowest BCUT2D eigenvalue weighted by Gasteiger charge is -2.34. The van der Waals surface area contributed by atoms with Crippen LogP contribution in [0.2, 0.25) is 0 Å². The standard InChI is InChI=1S/C16H25N5.C16H27N5/c1-16(2)4-3-12-13(5-16)19-15(17)20-14(12)21-8-10-6-18-7-11(10)9-21;1-11-10-21(8-4-7-18-11)14-12-5-6-16(2,3)9-13(12)19-15(17)20-14/h10-11,18H,3-9H2,1-2H3,(H2,17,19,20);11,18H,4-10H2,1-3H3,(H2,17,19,20)/t;11-/m.0/s1. The molecule has 5 heterocycles. The van der Waals surface area contributed by atoms with Gasteiger partial charge in [0, 0.05) is 56.4 Å². The van der Waals surface area contributed by atoms with E-state index in [0.717, 1.165) is 101 Å². The molecule has 10 heteroatoms. The summed E-state index contributed by atoms with van der Waals surface area (Å²) in [6.45, 7) is 19.1. The Morgan fingerprint density at radius 3 is 1.81 bits per heavy atom. The third-order valence-electron chi connectivity index (χ3n) is 10.2. The molecule has 42 heavy (non-hydrogen) atoms. The van der Waals surface area contributed by atoms with E-state index in [4.69, 9.17) is 11.5 Å². The van der Waals surface area contributed by atoms with Gasteiger partial charge in [0.05, 0.1) is 11.4 Å². The van der Waals surface area contributed by atoms with Gasteiger partial charge in [-0.05, 0) is 81.1 Å². The fraction of sp³-hybridized carbons (Fsp3) is 0.750. The Bertz CT molecular complexity index is 1280. The van der Waals surface area contributed by atoms with Crippen LogP contribution in [0.1, 0.15) is 76.4 Å². The molecule has 0 spiro atoms. The molecular weight excluding hydrogens is 524 g/mol. The van der Waals surface area contributed by atoms with E-state index in [1.54, 1.807) is 0 Å². The third kappa shape index (κ3) is 6.30. The first-order valence-corrected chi connectivity index (χ1v) is 16.2. The minimum absolute atomic E-state index is 0.318. The molecule has 0 aromatic carbocycles. The number of hydrogen-bond donors (Lipinski definition) is 4. The van der Waals surface area contributed by atoms with Crippen molar-refractivity contribution in [1.29, 1.82) is 0 Å². The van der Waals surface area contributed by atoms with Crippen LogP contribution >= 0.6 is 0 Å². The molecule has 5 aliphatic rings. The summed E-state index contributed by atoms with van der Waals surface area (Å²) < 4.78 is 0. The lowest BCUT2D eigenvalue weighted by molar-refractivity contribution is 0.310. The zero-order valence-electron chi connectivity index (χ0n) is 26.5. The molecular formula is C32H52N10. The van der Waals surface area contributed by atoms with Crippen molar-refractivity contribution in [3.05, 3.63) is 22.5 Å². The van der Waals surface area contributed by atoms with Gasteiger partial charge >= 0.3 is 0 Å². The largest absolute Gasteiger partial charge is 0.368 e. The fourth-order valence-corrected chi connectivity index (χ4v) is 7.73. The highest BCUT2D eigenvalue weighted by atomic mass is 15.3. The van der Waals surface area contributed by atoms with Gasteiger partial charge in [0.1, 0.15) is 11.6 Å². The van der Waals surface area contributed by atoms with E-state index in [0.29, 0.717) is 28.8 Å². The number of rotatable bonds is 2. The average Bonchev–Trinajstić information content (AvgIpc) is 3.44. The van der Waals surface area contributed by atoms with Crippen LogP contribution in [0.3, 0.4) is 0 Å². The van der Waals surface area contributed by atoms with E-state index in [-0.39, 0.29) is 0 Å². The minimum Gasteiger partial charge on any atom is -0.368 e. The normalized spacial score (nSPS) is 27.8. The molecule has 6 N–H and O–H groups in total. The van der Waals surface area contributed by atoms with Crippen LogP contribution in [-0.2, 0) is 25.7 Å². The van der Waals surface area contributed by atoms with Crippen LogP contribution in [-0.4, -0.2) is 71.8 Å². The summed E-state index contributed by atoms with van der Waals surface area (Å²) in [7, 11) is 0. The van der Waals surface area contributed by atoms with E-state index in [2.05, 4.69) is 75.0 Å². The summed E-state index contributed by atoms with van der Waals surface area (Å²) in [6.07, 6.45) is 7.73. The number of fused-ring (bicyclic) bond motifs is 3. The molecule has 7 rings (SSSR count). The number of nitrogens with two attached hydrogens (primary N) is 2. The lowest BCUT2D eigenvalue weighted by atomic mass is 9.76. The van der Waals surface area contributed by atoms with Gasteiger partial charge in [-0.2, -0.15) is 9.97 Å². The first-order valence-electron chi connectivity index (χ1n) is 16.2. The van der Waals surface area contributed by atoms with Crippen molar-refractivity contribution in [1.82, 2.24) is 30.6 Å². The zero-order chi connectivity index (χ0) is 29.6. The van der Waals surface area contributed by atoms with Gasteiger partial charge in [0.15, 0.2) is 0 Å². The molecule has 10 nitrogen and oxygen atoms in total. The molecule has 3 saturated heterocycles. The van der Waals surface area contributed by atoms with Crippen molar-refractivity contribution in [3.63, 3.8) is 0 Å². The van der Waals surface area contributed by atoms with E-state index >= 15 is 0 Å². The van der Waals surface area contributed by atoms with Crippen molar-refractivity contribution >= 4 is 23.5 Å². The monoisotopic (exact) mass is 576 g/mol. The number of hydrogen-bond acceptors (Lipinski definition) is 10. The van der Waals surface area contributed by atoms with Gasteiger partial charge in [0.2, 0.25) is 11.9 Å². The summed E-state index contributed by atoms with van der Waals surface area (Å²) in [6, 6.07) is 0.486. The molecule has 0 amide bonds. The topological polar surface area (TPSA) is 134 Å². The highest BCUT2D eigenvalue weighted by Gasteiger charge is 2.39. The van der Waals surface area contributed by atoms with E-state index < -0.39 is 0 Å². The summed E-state index contributed by atoms with van der Waals surface area (Å²) in [5.74, 6) is 4.63. The summed E-state index contributed by atoms with van der Waals surface area (Å²) in [5.41, 5.74) is 17.7. The van der Waals surface area contributed by atoms with Crippen molar-refractivity contribution in [2.45, 2.75) is 85.6 Å². The summed E-state index contributed by atoms with van der Waals surface area (Å²) >= 11 is 0. The molecule has 2 unspecified atom stereocenters. The Labute approximate surface area is 251 Å². The predicted molar refractivity (Wildman–Crippen MR) is 171 cm³/mol. The molecule has 2 aliphatic carbocycles. The zero-order valence-corrected chi connectivity index (χ0v) is 26.5. The van der Waals surface area contributed by atoms with Crippen LogP contribution in [0, 0.1) is 22.7 Å². The second-order valence-electron chi connectivity index (χ2n) is 15.1. The second-order valence-corrected chi connectivity index (χ2v) is 15.1. The van der Waals surface area contributed by atoms with E-state index in [1.807, 2.05) is 0 Å². The van der Waals surface area contributed by atoms with Gasteiger partial charge in [-0.1, -0.05) is 27.7 Å². The SMILES string of the molecule is CC1(C)CCc2c(nc(N)nc2N2CC3CNCC3C2)C1.C[C@H]1CN(c2nc(N)nc3c2CCC(C)(C)C3)CCCN1. The maximum absolute atomic E-state index is 5.99. The molecule has 3 aliphatic heterocycles. The number of nitrogens with one attached hydrogen (secondary N) is 2. The van der Waals surface area contributed by atoms with Crippen LogP contribution in [0.25, 0.3) is 0 Å². The number of nitrogen functional groups attached to an aromatic ring is 2. The van der Waals surface area contributed by atoms with Crippen LogP contribution in [0.5, 0.6) is 0 Å². The quantitative estimate of drug-likeness (QED) is 0.423. The lowest BCUT2D eigenvalue weighted by Crippen LogP contribution is -2.37. The number of aromatic nitrogens is 4. The van der Waals surface area contributed by atoms with Crippen molar-refractivity contribution in [3.8, 4) is 0 Å². The molecule has 0 radical (unpaired) electrons. The molecule has 3 fully saturated rings. The summed E-state index contributed by atoms with van der Waals surface area (Å²) in [5, 5.41) is 7.03. The van der Waals surface area contributed by atoms with E-state index in [1.165, 1.54) is 35.4 Å². The Morgan fingerprint density at radius 1 is 0.738 bits per heavy atom. The summed E-state index contributed by atoms with van der Waals surface area (Å²) in [4.78, 5) is 23.2. The molecule has 230 valence electrons. The first kappa shape index (κ1) is 29.4. The maximum Gasteiger partial charge on any atom is 0.222 e. The Hall–Kier alpha value is -2.72. The maximum atomic E-state index is 5.99. The third-order valence-corrected chi connectivity index (χ3v) is 10.2. The first-order chi connectivity index (χ1) is 20.0. The second kappa shape index (κ2) is 11.4. The predicted octanol–water partition coefficient (Wildman–Crippen LogP) is 2.99. The molecule has 2 aromatic rings. The smallest absolute Gasteiger partial charge is 0.222 e. The van der Waals surface area contributed by atoms with Gasteiger partial charge in [-0.15, -0.1) is 0 Å². The highest BCUT2D eigenvalue weighted by Crippen LogP contribution is 2.40. The van der Waals surface area contributed by atoms with Gasteiger partial charge in [0.25, 0.3) is 0 Å². The van der Waals surface area contributed by atoms with Crippen molar-refractivity contribution < 1.29 is 0 Å². The van der Waals surface area contributed by atoms with E-state index in [9.17, 15) is 0 Å². The number of anilines is 4. The molecule has 2 aromatic heterocycles. The van der Waals surface area contributed by atoms with Crippen molar-refractivity contribution in [2.24, 2.45) is 22.7 Å². The molecule has 0 bridgehead atoms.